The zero-order valence-corrected chi connectivity index (χ0v) is 35.4. The minimum absolute atomic E-state index is 0.0402. The van der Waals surface area contributed by atoms with Gasteiger partial charge in [-0.3, -0.25) is 0 Å². The van der Waals surface area contributed by atoms with E-state index in [0.717, 1.165) is 34.1 Å². The minimum Gasteiger partial charge on any atom is -0.309 e. The molecule has 0 aliphatic carbocycles. The van der Waals surface area contributed by atoms with Crippen molar-refractivity contribution in [3.05, 3.63) is 205 Å². The van der Waals surface area contributed by atoms with E-state index in [9.17, 15) is 0 Å². The predicted molar refractivity (Wildman–Crippen MR) is 261 cm³/mol. The molecule has 10 rings (SSSR count). The Balaban J connectivity index is 1.24. The molecule has 0 bridgehead atoms. The fraction of sp³-hybridized carbons (Fsp3) is 0.138. The van der Waals surface area contributed by atoms with E-state index in [1.54, 1.807) is 0 Å². The highest BCUT2D eigenvalue weighted by Gasteiger charge is 2.24. The van der Waals surface area contributed by atoms with Crippen LogP contribution in [0, 0.1) is 0 Å². The average molecular weight is 775 g/mol. The van der Waals surface area contributed by atoms with Crippen LogP contribution in [0.4, 0.5) is 34.1 Å². The summed E-state index contributed by atoms with van der Waals surface area (Å²) in [6, 6.07) is 72.1. The van der Waals surface area contributed by atoms with E-state index in [2.05, 4.69) is 245 Å². The van der Waals surface area contributed by atoms with Crippen molar-refractivity contribution in [2.75, 3.05) is 9.80 Å². The predicted octanol–water partition coefficient (Wildman–Crippen LogP) is 17.0. The van der Waals surface area contributed by atoms with Crippen LogP contribution in [0.15, 0.2) is 194 Å². The first-order valence-corrected chi connectivity index (χ1v) is 21.2. The Hall–Kier alpha value is -6.90. The number of benzene rings is 10. The van der Waals surface area contributed by atoms with Crippen molar-refractivity contribution in [1.29, 1.82) is 0 Å². The molecule has 0 N–H and O–H groups in total. The van der Waals surface area contributed by atoms with Crippen molar-refractivity contribution in [3.63, 3.8) is 0 Å². The van der Waals surface area contributed by atoms with Crippen molar-refractivity contribution >= 4 is 88.0 Å². The van der Waals surface area contributed by atoms with Crippen molar-refractivity contribution in [3.8, 4) is 0 Å². The quantitative estimate of drug-likeness (QED) is 0.155. The van der Waals surface area contributed by atoms with Gasteiger partial charge in [-0.2, -0.15) is 0 Å². The molecule has 0 unspecified atom stereocenters. The number of anilines is 6. The van der Waals surface area contributed by atoms with Gasteiger partial charge in [0.2, 0.25) is 0 Å². The highest BCUT2D eigenvalue weighted by atomic mass is 15.2. The summed E-state index contributed by atoms with van der Waals surface area (Å²) in [5.74, 6) is 0. The molecule has 2 heteroatoms. The van der Waals surface area contributed by atoms with E-state index < -0.39 is 0 Å². The smallest absolute Gasteiger partial charge is 0.0541 e. The summed E-state index contributed by atoms with van der Waals surface area (Å²) in [4.78, 5) is 4.95. The fourth-order valence-electron chi connectivity index (χ4n) is 9.13. The molecule has 292 valence electrons. The Labute approximate surface area is 354 Å². The van der Waals surface area contributed by atoms with Crippen LogP contribution in [0.25, 0.3) is 53.9 Å². The van der Waals surface area contributed by atoms with Gasteiger partial charge in [0.1, 0.15) is 0 Å². The number of hydrogen-bond donors (Lipinski definition) is 0. The standard InChI is InChI=1S/C58H50N2/c1-57(2,3)41-27-31-43(32-28-41)59(53-23-13-21-47-45-17-9-7-15-39(45)25-35-51(47)53)55-37-38-56(50-20-12-11-19-49(50)55)60(44-33-29-42(30-34-44)58(4,5)6)54-24-14-22-48-46-18-10-8-16-40(46)26-36-52(48)54/h7-38H,1-6H3. The Morgan fingerprint density at radius 3 is 0.950 bits per heavy atom. The zero-order valence-electron chi connectivity index (χ0n) is 35.4. The van der Waals surface area contributed by atoms with Crippen LogP contribution in [0.2, 0.25) is 0 Å². The number of rotatable bonds is 6. The summed E-state index contributed by atoms with van der Waals surface area (Å²) in [5.41, 5.74) is 9.50. The Morgan fingerprint density at radius 2 is 0.567 bits per heavy atom. The van der Waals surface area contributed by atoms with Crippen LogP contribution in [0.5, 0.6) is 0 Å². The maximum Gasteiger partial charge on any atom is 0.0541 e. The molecule has 0 aromatic heterocycles. The molecule has 2 nitrogen and oxygen atoms in total. The summed E-state index contributed by atoms with van der Waals surface area (Å²) in [7, 11) is 0. The highest BCUT2D eigenvalue weighted by molar-refractivity contribution is 6.17. The lowest BCUT2D eigenvalue weighted by atomic mass is 9.87. The SMILES string of the molecule is CC(C)(C)c1ccc(N(c2ccc(N(c3ccc(C(C)(C)C)cc3)c3cccc4c3ccc3ccccc34)c3ccccc23)c2cccc3c2ccc2ccccc23)cc1. The molecule has 0 aliphatic heterocycles. The summed E-state index contributed by atoms with van der Waals surface area (Å²) < 4.78 is 0. The molecule has 0 heterocycles. The first-order valence-electron chi connectivity index (χ1n) is 21.2. The van der Waals surface area contributed by atoms with Crippen molar-refractivity contribution in [1.82, 2.24) is 0 Å². The molecular formula is C58H50N2. The second-order valence-electron chi connectivity index (χ2n) is 18.2. The molecule has 0 amide bonds. The first-order chi connectivity index (χ1) is 29.0. The molecular weight excluding hydrogens is 725 g/mol. The molecule has 10 aromatic rings. The van der Waals surface area contributed by atoms with Gasteiger partial charge in [0.15, 0.2) is 0 Å². The van der Waals surface area contributed by atoms with Gasteiger partial charge in [-0.05, 0) is 103 Å². The van der Waals surface area contributed by atoms with Crippen LogP contribution in [-0.4, -0.2) is 0 Å². The Kier molecular flexibility index (Phi) is 8.99. The fourth-order valence-corrected chi connectivity index (χ4v) is 9.13. The van der Waals surface area contributed by atoms with Gasteiger partial charge in [0.25, 0.3) is 0 Å². The third-order valence-electron chi connectivity index (χ3n) is 12.4. The molecule has 0 saturated heterocycles. The lowest BCUT2D eigenvalue weighted by Crippen LogP contribution is -2.15. The summed E-state index contributed by atoms with van der Waals surface area (Å²) in [5, 5.41) is 12.3. The van der Waals surface area contributed by atoms with Crippen molar-refractivity contribution in [2.24, 2.45) is 0 Å². The minimum atomic E-state index is 0.0402. The van der Waals surface area contributed by atoms with Gasteiger partial charge in [-0.15, -0.1) is 0 Å². The maximum absolute atomic E-state index is 2.47. The monoisotopic (exact) mass is 774 g/mol. The van der Waals surface area contributed by atoms with E-state index in [1.165, 1.54) is 65.0 Å². The van der Waals surface area contributed by atoms with Crippen molar-refractivity contribution < 1.29 is 0 Å². The molecule has 10 aromatic carbocycles. The third-order valence-corrected chi connectivity index (χ3v) is 12.4. The van der Waals surface area contributed by atoms with Crippen LogP contribution in [-0.2, 0) is 10.8 Å². The van der Waals surface area contributed by atoms with Gasteiger partial charge >= 0.3 is 0 Å². The van der Waals surface area contributed by atoms with Crippen molar-refractivity contribution in [2.45, 2.75) is 52.4 Å². The van der Waals surface area contributed by atoms with E-state index in [0.29, 0.717) is 0 Å². The summed E-state index contributed by atoms with van der Waals surface area (Å²) in [6.07, 6.45) is 0. The average Bonchev–Trinajstić information content (AvgIpc) is 3.27. The molecule has 0 aliphatic rings. The van der Waals surface area contributed by atoms with E-state index in [4.69, 9.17) is 0 Å². The van der Waals surface area contributed by atoms with Gasteiger partial charge in [0.05, 0.1) is 22.7 Å². The second-order valence-corrected chi connectivity index (χ2v) is 18.2. The summed E-state index contributed by atoms with van der Waals surface area (Å²) >= 11 is 0. The Bertz CT molecular complexity index is 3000. The zero-order chi connectivity index (χ0) is 41.2. The molecule has 0 spiro atoms. The molecule has 0 radical (unpaired) electrons. The van der Waals surface area contributed by atoms with E-state index in [1.807, 2.05) is 0 Å². The largest absolute Gasteiger partial charge is 0.309 e. The van der Waals surface area contributed by atoms with Crippen LogP contribution < -0.4 is 9.80 Å². The second kappa shape index (κ2) is 14.4. The molecule has 0 saturated carbocycles. The summed E-state index contributed by atoms with van der Waals surface area (Å²) in [6.45, 7) is 13.7. The van der Waals surface area contributed by atoms with Crippen LogP contribution >= 0.6 is 0 Å². The van der Waals surface area contributed by atoms with E-state index in [-0.39, 0.29) is 10.8 Å². The first kappa shape index (κ1) is 37.4. The number of hydrogen-bond acceptors (Lipinski definition) is 2. The molecule has 0 fully saturated rings. The lowest BCUT2D eigenvalue weighted by molar-refractivity contribution is 0.590. The molecule has 0 atom stereocenters. The topological polar surface area (TPSA) is 6.48 Å². The number of nitrogens with zero attached hydrogens (tertiary/aromatic N) is 2. The van der Waals surface area contributed by atoms with Gasteiger partial charge in [-0.1, -0.05) is 187 Å². The van der Waals surface area contributed by atoms with Gasteiger partial charge in [-0.25, -0.2) is 0 Å². The molecule has 60 heavy (non-hydrogen) atoms. The highest BCUT2D eigenvalue weighted by Crippen LogP contribution is 2.49. The maximum atomic E-state index is 2.47. The van der Waals surface area contributed by atoms with Gasteiger partial charge < -0.3 is 9.80 Å². The van der Waals surface area contributed by atoms with Crippen LogP contribution in [0.3, 0.4) is 0 Å². The van der Waals surface area contributed by atoms with Gasteiger partial charge in [0, 0.05) is 32.9 Å². The van der Waals surface area contributed by atoms with E-state index >= 15 is 0 Å². The Morgan fingerprint density at radius 1 is 0.250 bits per heavy atom. The number of fused-ring (bicyclic) bond motifs is 7. The lowest BCUT2D eigenvalue weighted by Gasteiger charge is -2.32. The third kappa shape index (κ3) is 6.44. The van der Waals surface area contributed by atoms with Crippen LogP contribution in [0.1, 0.15) is 52.7 Å². The normalized spacial score (nSPS) is 12.2.